The van der Waals surface area contributed by atoms with Crippen LogP contribution in [0.5, 0.6) is 0 Å². The Labute approximate surface area is 151 Å². The van der Waals surface area contributed by atoms with Crippen LogP contribution in [-0.2, 0) is 17.6 Å². The maximum absolute atomic E-state index is 12.7. The second-order valence-corrected chi connectivity index (χ2v) is 9.00. The molecule has 24 heavy (non-hydrogen) atoms. The van der Waals surface area contributed by atoms with Crippen LogP contribution >= 0.6 is 22.7 Å². The molecule has 0 aliphatic heterocycles. The first kappa shape index (κ1) is 16.3. The monoisotopic (exact) mass is 360 g/mol. The Balaban J connectivity index is 1.66. The molecule has 1 N–H and O–H groups in total. The van der Waals surface area contributed by atoms with E-state index >= 15 is 0 Å². The highest BCUT2D eigenvalue weighted by molar-refractivity contribution is 7.18. The summed E-state index contributed by atoms with van der Waals surface area (Å²) < 4.78 is 0. The topological polar surface area (TPSA) is 42.0 Å². The van der Waals surface area contributed by atoms with Crippen molar-refractivity contribution in [3.63, 3.8) is 0 Å². The number of anilines is 1. The van der Waals surface area contributed by atoms with Gasteiger partial charge < -0.3 is 5.32 Å². The van der Waals surface area contributed by atoms with Crippen molar-refractivity contribution >= 4 is 33.6 Å². The van der Waals surface area contributed by atoms with Crippen LogP contribution in [0.2, 0.25) is 0 Å². The number of hydrogen-bond donors (Lipinski definition) is 1. The summed E-state index contributed by atoms with van der Waals surface area (Å²) in [5.74, 6) is 0.423. The normalized spacial score (nSPS) is 18.4. The predicted octanol–water partition coefficient (Wildman–Crippen LogP) is 5.58. The predicted molar refractivity (Wildman–Crippen MR) is 102 cm³/mol. The van der Waals surface area contributed by atoms with E-state index in [-0.39, 0.29) is 11.8 Å². The maximum atomic E-state index is 12.7. The quantitative estimate of drug-likeness (QED) is 0.776. The van der Waals surface area contributed by atoms with Crippen molar-refractivity contribution in [1.82, 2.24) is 4.98 Å². The zero-order chi connectivity index (χ0) is 16.5. The van der Waals surface area contributed by atoms with Crippen molar-refractivity contribution in [1.29, 1.82) is 0 Å². The SMILES string of the molecule is Cc1csc(-c2c(NC(=O)C3CCCCC3)sc3c2CCCC3)n1. The standard InChI is InChI=1S/C19H24N2OS2/c1-12-11-23-18(20-12)16-14-9-5-6-10-15(14)24-19(16)21-17(22)13-7-3-2-4-8-13/h11,13H,2-10H2,1H3,(H,21,22). The number of carbonyl (C=O) groups is 1. The molecule has 5 heteroatoms. The number of nitrogens with zero attached hydrogens (tertiary/aromatic N) is 1. The third-order valence-electron chi connectivity index (χ3n) is 5.22. The molecule has 0 bridgehead atoms. The highest BCUT2D eigenvalue weighted by Crippen LogP contribution is 2.45. The number of thiophene rings is 1. The Morgan fingerprint density at radius 2 is 1.96 bits per heavy atom. The fourth-order valence-corrected chi connectivity index (χ4v) is 6.16. The summed E-state index contributed by atoms with van der Waals surface area (Å²) in [6.07, 6.45) is 10.5. The zero-order valence-corrected chi connectivity index (χ0v) is 15.8. The van der Waals surface area contributed by atoms with Crippen LogP contribution in [0.25, 0.3) is 10.6 Å². The Bertz CT molecular complexity index is 741. The lowest BCUT2D eigenvalue weighted by atomic mass is 9.88. The number of thiazole rings is 1. The van der Waals surface area contributed by atoms with Crippen LogP contribution in [0.3, 0.4) is 0 Å². The average molecular weight is 361 g/mol. The summed E-state index contributed by atoms with van der Waals surface area (Å²) in [5.41, 5.74) is 3.73. The largest absolute Gasteiger partial charge is 0.317 e. The second kappa shape index (κ2) is 6.96. The molecule has 1 amide bonds. The van der Waals surface area contributed by atoms with Gasteiger partial charge in [0.25, 0.3) is 0 Å². The van der Waals surface area contributed by atoms with Gasteiger partial charge in [0.2, 0.25) is 5.91 Å². The van der Waals surface area contributed by atoms with Crippen LogP contribution in [0.1, 0.15) is 61.1 Å². The molecule has 4 rings (SSSR count). The molecule has 3 nitrogen and oxygen atoms in total. The van der Waals surface area contributed by atoms with Crippen LogP contribution in [0.15, 0.2) is 5.38 Å². The molecule has 0 atom stereocenters. The Hall–Kier alpha value is -1.20. The summed E-state index contributed by atoms with van der Waals surface area (Å²) in [6.45, 7) is 2.04. The lowest BCUT2D eigenvalue weighted by Gasteiger charge is -2.20. The number of aromatic nitrogens is 1. The molecular formula is C19H24N2OS2. The third-order valence-corrected chi connectivity index (χ3v) is 7.40. The molecule has 0 saturated heterocycles. The van der Waals surface area contributed by atoms with Gasteiger partial charge in [0.05, 0.1) is 0 Å². The maximum Gasteiger partial charge on any atom is 0.228 e. The molecule has 128 valence electrons. The molecule has 0 aromatic carbocycles. The van der Waals surface area contributed by atoms with E-state index in [1.54, 1.807) is 22.7 Å². The third kappa shape index (κ3) is 3.16. The van der Waals surface area contributed by atoms with Gasteiger partial charge in [0.1, 0.15) is 10.0 Å². The van der Waals surface area contributed by atoms with Crippen molar-refractivity contribution in [2.75, 3.05) is 5.32 Å². The van der Waals surface area contributed by atoms with Gasteiger partial charge >= 0.3 is 0 Å². The lowest BCUT2D eigenvalue weighted by molar-refractivity contribution is -0.120. The minimum atomic E-state index is 0.198. The Morgan fingerprint density at radius 3 is 2.71 bits per heavy atom. The fraction of sp³-hybridized carbons (Fsp3) is 0.579. The van der Waals surface area contributed by atoms with Crippen LogP contribution < -0.4 is 5.32 Å². The van der Waals surface area contributed by atoms with E-state index in [2.05, 4.69) is 10.7 Å². The number of fused-ring (bicyclic) bond motifs is 1. The van der Waals surface area contributed by atoms with E-state index in [1.165, 1.54) is 48.1 Å². The minimum absolute atomic E-state index is 0.198. The summed E-state index contributed by atoms with van der Waals surface area (Å²) in [5, 5.41) is 7.52. The van der Waals surface area contributed by atoms with E-state index in [1.807, 2.05) is 6.92 Å². The Kier molecular flexibility index (Phi) is 4.72. The summed E-state index contributed by atoms with van der Waals surface area (Å²) in [4.78, 5) is 18.9. The van der Waals surface area contributed by atoms with Gasteiger partial charge in [-0.3, -0.25) is 4.79 Å². The molecule has 2 aliphatic rings. The van der Waals surface area contributed by atoms with E-state index < -0.39 is 0 Å². The van der Waals surface area contributed by atoms with Gasteiger partial charge in [0, 0.05) is 27.4 Å². The van der Waals surface area contributed by atoms with E-state index in [9.17, 15) is 4.79 Å². The van der Waals surface area contributed by atoms with Gasteiger partial charge in [-0.05, 0) is 51.0 Å². The first-order valence-electron chi connectivity index (χ1n) is 9.10. The van der Waals surface area contributed by atoms with Gasteiger partial charge in [-0.25, -0.2) is 4.98 Å². The summed E-state index contributed by atoms with van der Waals surface area (Å²) in [7, 11) is 0. The highest BCUT2D eigenvalue weighted by atomic mass is 32.1. The van der Waals surface area contributed by atoms with Crippen LogP contribution in [-0.4, -0.2) is 10.9 Å². The smallest absolute Gasteiger partial charge is 0.228 e. The molecule has 0 spiro atoms. The van der Waals surface area contributed by atoms with E-state index in [0.717, 1.165) is 41.4 Å². The summed E-state index contributed by atoms with van der Waals surface area (Å²) >= 11 is 3.49. The second-order valence-electron chi connectivity index (χ2n) is 7.03. The molecule has 0 radical (unpaired) electrons. The van der Waals surface area contributed by atoms with Crippen molar-refractivity contribution in [3.05, 3.63) is 21.5 Å². The number of rotatable bonds is 3. The van der Waals surface area contributed by atoms with Crippen molar-refractivity contribution in [2.24, 2.45) is 5.92 Å². The zero-order valence-electron chi connectivity index (χ0n) is 14.2. The number of hydrogen-bond acceptors (Lipinski definition) is 4. The molecule has 1 fully saturated rings. The van der Waals surface area contributed by atoms with Gasteiger partial charge in [-0.15, -0.1) is 22.7 Å². The molecule has 1 saturated carbocycles. The van der Waals surface area contributed by atoms with Gasteiger partial charge in [0.15, 0.2) is 0 Å². The van der Waals surface area contributed by atoms with Gasteiger partial charge in [-0.1, -0.05) is 19.3 Å². The van der Waals surface area contributed by atoms with Crippen LogP contribution in [0.4, 0.5) is 5.00 Å². The lowest BCUT2D eigenvalue weighted by Crippen LogP contribution is -2.24. The minimum Gasteiger partial charge on any atom is -0.317 e. The van der Waals surface area contributed by atoms with E-state index in [0.29, 0.717) is 0 Å². The number of nitrogens with one attached hydrogen (secondary N) is 1. The van der Waals surface area contributed by atoms with Gasteiger partial charge in [-0.2, -0.15) is 0 Å². The fourth-order valence-electron chi connectivity index (χ4n) is 3.93. The van der Waals surface area contributed by atoms with E-state index in [4.69, 9.17) is 4.98 Å². The first-order valence-corrected chi connectivity index (χ1v) is 10.8. The van der Waals surface area contributed by atoms with Crippen LogP contribution in [0, 0.1) is 12.8 Å². The Morgan fingerprint density at radius 1 is 1.17 bits per heavy atom. The van der Waals surface area contributed by atoms with Crippen molar-refractivity contribution in [3.8, 4) is 10.6 Å². The number of aryl methyl sites for hydroxylation is 2. The average Bonchev–Trinajstić information content (AvgIpc) is 3.18. The number of amides is 1. The van der Waals surface area contributed by atoms with Crippen molar-refractivity contribution in [2.45, 2.75) is 64.7 Å². The first-order chi connectivity index (χ1) is 11.7. The highest BCUT2D eigenvalue weighted by Gasteiger charge is 2.27. The summed E-state index contributed by atoms with van der Waals surface area (Å²) in [6, 6.07) is 0. The molecule has 0 unspecified atom stereocenters. The molecular weight excluding hydrogens is 336 g/mol. The molecule has 2 heterocycles. The molecule has 2 aromatic rings. The molecule has 2 aliphatic carbocycles. The molecule has 2 aromatic heterocycles. The number of carbonyl (C=O) groups excluding carboxylic acids is 1. The van der Waals surface area contributed by atoms with Crippen molar-refractivity contribution < 1.29 is 4.79 Å².